The van der Waals surface area contributed by atoms with Crippen molar-refractivity contribution in [2.24, 2.45) is 5.73 Å². The summed E-state index contributed by atoms with van der Waals surface area (Å²) in [4.78, 5) is 12.7. The minimum atomic E-state index is -0.395. The number of nitro benzene ring substituents is 1. The van der Waals surface area contributed by atoms with Crippen molar-refractivity contribution in [3.63, 3.8) is 0 Å². The summed E-state index contributed by atoms with van der Waals surface area (Å²) < 4.78 is 5.11. The average molecular weight is 265 g/mol. The first-order valence-electron chi connectivity index (χ1n) is 6.39. The summed E-state index contributed by atoms with van der Waals surface area (Å²) in [6.07, 6.45) is 2.13. The van der Waals surface area contributed by atoms with Crippen LogP contribution < -0.4 is 10.5 Å². The number of piperidine rings is 1. The maximum atomic E-state index is 10.9. The Morgan fingerprint density at radius 2 is 2.32 bits per heavy atom. The van der Waals surface area contributed by atoms with Crippen LogP contribution in [0.1, 0.15) is 18.4 Å². The molecule has 19 heavy (non-hydrogen) atoms. The number of nitrogens with zero attached hydrogens (tertiary/aromatic N) is 2. The van der Waals surface area contributed by atoms with Gasteiger partial charge in [0.2, 0.25) is 0 Å². The van der Waals surface area contributed by atoms with E-state index in [1.54, 1.807) is 6.07 Å². The average Bonchev–Trinajstić information content (AvgIpc) is 2.38. The van der Waals surface area contributed by atoms with Gasteiger partial charge in [-0.25, -0.2) is 0 Å². The molecule has 1 aromatic rings. The van der Waals surface area contributed by atoms with Crippen molar-refractivity contribution >= 4 is 5.69 Å². The highest BCUT2D eigenvalue weighted by atomic mass is 16.6. The highest BCUT2D eigenvalue weighted by molar-refractivity contribution is 5.42. The third kappa shape index (κ3) is 3.65. The second-order valence-electron chi connectivity index (χ2n) is 4.93. The second-order valence-corrected chi connectivity index (χ2v) is 4.93. The normalized spacial score (nSPS) is 20.2. The zero-order valence-electron chi connectivity index (χ0n) is 11.0. The number of nitrogens with two attached hydrogens (primary N) is 1. The fraction of sp³-hybridized carbons (Fsp3) is 0.538. The molecular weight excluding hydrogens is 246 g/mol. The summed E-state index contributed by atoms with van der Waals surface area (Å²) in [5.74, 6) is 0.519. The van der Waals surface area contributed by atoms with Crippen LogP contribution in [0, 0.1) is 10.1 Å². The highest BCUT2D eigenvalue weighted by Crippen LogP contribution is 2.24. The minimum Gasteiger partial charge on any atom is -0.496 e. The molecule has 1 heterocycles. The first-order chi connectivity index (χ1) is 9.08. The minimum absolute atomic E-state index is 0.0654. The van der Waals surface area contributed by atoms with Gasteiger partial charge in [0, 0.05) is 25.2 Å². The van der Waals surface area contributed by atoms with Gasteiger partial charge in [-0.2, -0.15) is 0 Å². The summed E-state index contributed by atoms with van der Waals surface area (Å²) in [6.45, 7) is 2.50. The largest absolute Gasteiger partial charge is 0.496 e. The monoisotopic (exact) mass is 265 g/mol. The number of benzene rings is 1. The molecule has 0 bridgehead atoms. The van der Waals surface area contributed by atoms with Crippen molar-refractivity contribution in [3.05, 3.63) is 33.9 Å². The molecule has 0 saturated carbocycles. The molecule has 1 aliphatic heterocycles. The molecule has 6 nitrogen and oxygen atoms in total. The number of methoxy groups -OCH3 is 1. The number of nitro groups is 1. The lowest BCUT2D eigenvalue weighted by Crippen LogP contribution is -2.42. The third-order valence-electron chi connectivity index (χ3n) is 3.35. The van der Waals surface area contributed by atoms with E-state index in [0.717, 1.165) is 31.5 Å². The van der Waals surface area contributed by atoms with E-state index in [1.807, 2.05) is 6.07 Å². The Labute approximate surface area is 112 Å². The van der Waals surface area contributed by atoms with E-state index in [-0.39, 0.29) is 11.7 Å². The van der Waals surface area contributed by atoms with E-state index in [4.69, 9.17) is 10.5 Å². The van der Waals surface area contributed by atoms with Gasteiger partial charge in [0.05, 0.1) is 18.1 Å². The molecule has 0 aliphatic carbocycles. The van der Waals surface area contributed by atoms with E-state index in [2.05, 4.69) is 4.90 Å². The lowest BCUT2D eigenvalue weighted by Gasteiger charge is -2.30. The van der Waals surface area contributed by atoms with Gasteiger partial charge in [0.25, 0.3) is 5.69 Å². The van der Waals surface area contributed by atoms with Crippen LogP contribution in [-0.2, 0) is 6.54 Å². The Balaban J connectivity index is 2.14. The van der Waals surface area contributed by atoms with Crippen LogP contribution >= 0.6 is 0 Å². The van der Waals surface area contributed by atoms with Gasteiger partial charge in [-0.3, -0.25) is 15.0 Å². The molecule has 2 N–H and O–H groups in total. The Kier molecular flexibility index (Phi) is 4.34. The fourth-order valence-corrected chi connectivity index (χ4v) is 2.45. The van der Waals surface area contributed by atoms with E-state index in [1.165, 1.54) is 13.2 Å². The van der Waals surface area contributed by atoms with Crippen molar-refractivity contribution < 1.29 is 9.66 Å². The van der Waals surface area contributed by atoms with Crippen molar-refractivity contribution in [1.82, 2.24) is 4.90 Å². The molecule has 2 rings (SSSR count). The lowest BCUT2D eigenvalue weighted by atomic mass is 10.1. The Hall–Kier alpha value is -1.66. The molecule has 104 valence electrons. The number of hydrogen-bond acceptors (Lipinski definition) is 5. The Bertz CT molecular complexity index is 464. The predicted molar refractivity (Wildman–Crippen MR) is 72.1 cm³/mol. The van der Waals surface area contributed by atoms with Gasteiger partial charge in [0.15, 0.2) is 0 Å². The van der Waals surface area contributed by atoms with E-state index >= 15 is 0 Å². The van der Waals surface area contributed by atoms with Crippen molar-refractivity contribution in [2.75, 3.05) is 20.2 Å². The predicted octanol–water partition coefficient (Wildman–Crippen LogP) is 1.53. The molecule has 6 heteroatoms. The van der Waals surface area contributed by atoms with Gasteiger partial charge < -0.3 is 10.5 Å². The van der Waals surface area contributed by atoms with Gasteiger partial charge in [-0.15, -0.1) is 0 Å². The van der Waals surface area contributed by atoms with Crippen LogP contribution in [0.25, 0.3) is 0 Å². The molecule has 1 aliphatic rings. The first-order valence-corrected chi connectivity index (χ1v) is 6.39. The lowest BCUT2D eigenvalue weighted by molar-refractivity contribution is -0.385. The van der Waals surface area contributed by atoms with E-state index in [0.29, 0.717) is 12.3 Å². The van der Waals surface area contributed by atoms with E-state index in [9.17, 15) is 10.1 Å². The Morgan fingerprint density at radius 3 is 2.95 bits per heavy atom. The molecule has 0 aromatic heterocycles. The van der Waals surface area contributed by atoms with Gasteiger partial charge >= 0.3 is 0 Å². The third-order valence-corrected chi connectivity index (χ3v) is 3.35. The molecule has 1 unspecified atom stereocenters. The zero-order valence-corrected chi connectivity index (χ0v) is 11.0. The van der Waals surface area contributed by atoms with Gasteiger partial charge in [0.1, 0.15) is 5.75 Å². The van der Waals surface area contributed by atoms with Crippen LogP contribution in [0.2, 0.25) is 0 Å². The van der Waals surface area contributed by atoms with Crippen molar-refractivity contribution in [3.8, 4) is 5.75 Å². The van der Waals surface area contributed by atoms with Crippen molar-refractivity contribution in [1.29, 1.82) is 0 Å². The molecular formula is C13H19N3O3. The summed E-state index contributed by atoms with van der Waals surface area (Å²) in [7, 11) is 1.51. The van der Waals surface area contributed by atoms with E-state index < -0.39 is 4.92 Å². The fourth-order valence-electron chi connectivity index (χ4n) is 2.45. The topological polar surface area (TPSA) is 81.6 Å². The number of likely N-dealkylation sites (tertiary alicyclic amines) is 1. The number of rotatable bonds is 4. The molecule has 1 fully saturated rings. The van der Waals surface area contributed by atoms with Crippen molar-refractivity contribution in [2.45, 2.75) is 25.4 Å². The molecule has 1 atom stereocenters. The van der Waals surface area contributed by atoms with Crippen LogP contribution in [-0.4, -0.2) is 36.1 Å². The molecule has 1 aromatic carbocycles. The molecule has 0 spiro atoms. The van der Waals surface area contributed by atoms with Crippen LogP contribution in [0.4, 0.5) is 5.69 Å². The number of hydrogen-bond donors (Lipinski definition) is 1. The summed E-state index contributed by atoms with van der Waals surface area (Å²) in [5.41, 5.74) is 6.89. The standard InChI is InChI=1S/C13H19N3O3/c1-19-13-6-10(5-12(7-13)16(17)18)8-15-4-2-3-11(14)9-15/h5-7,11H,2-4,8-9,14H2,1H3. The van der Waals surface area contributed by atoms with Crippen LogP contribution in [0.15, 0.2) is 18.2 Å². The van der Waals surface area contributed by atoms with Crippen LogP contribution in [0.3, 0.4) is 0 Å². The van der Waals surface area contributed by atoms with Gasteiger partial charge in [-0.1, -0.05) is 0 Å². The quantitative estimate of drug-likeness (QED) is 0.659. The SMILES string of the molecule is COc1cc(CN2CCCC(N)C2)cc([N+](=O)[O-])c1. The molecule has 1 saturated heterocycles. The summed E-state index contributed by atoms with van der Waals surface area (Å²) >= 11 is 0. The summed E-state index contributed by atoms with van der Waals surface area (Å²) in [5, 5.41) is 10.9. The number of non-ortho nitro benzene ring substituents is 1. The maximum Gasteiger partial charge on any atom is 0.273 e. The van der Waals surface area contributed by atoms with Gasteiger partial charge in [-0.05, 0) is 31.0 Å². The van der Waals surface area contributed by atoms with Crippen LogP contribution in [0.5, 0.6) is 5.75 Å². The Morgan fingerprint density at radius 1 is 1.53 bits per heavy atom. The molecule has 0 amide bonds. The maximum absolute atomic E-state index is 10.9. The highest BCUT2D eigenvalue weighted by Gasteiger charge is 2.18. The smallest absolute Gasteiger partial charge is 0.273 e. The zero-order chi connectivity index (χ0) is 13.8. The molecule has 0 radical (unpaired) electrons. The summed E-state index contributed by atoms with van der Waals surface area (Å²) in [6, 6.07) is 5.08. The second kappa shape index (κ2) is 5.99. The number of ether oxygens (including phenoxy) is 1. The first kappa shape index (κ1) is 13.8.